The van der Waals surface area contributed by atoms with Gasteiger partial charge in [0, 0.05) is 11.5 Å². The highest BCUT2D eigenvalue weighted by atomic mass is 19.4. The third-order valence-electron chi connectivity index (χ3n) is 6.44. The second-order valence-corrected chi connectivity index (χ2v) is 8.99. The number of halogens is 4. The summed E-state index contributed by atoms with van der Waals surface area (Å²) in [5, 5.41) is 0. The Hall–Kier alpha value is -2.87. The molecular weight excluding hydrogens is 452 g/mol. The van der Waals surface area contributed by atoms with E-state index in [1.807, 2.05) is 6.08 Å². The second kappa shape index (κ2) is 9.06. The van der Waals surface area contributed by atoms with E-state index in [-0.39, 0.29) is 12.7 Å². The number of carbonyl (C=O) groups is 1. The summed E-state index contributed by atoms with van der Waals surface area (Å²) in [6, 6.07) is 9.25. The van der Waals surface area contributed by atoms with Crippen molar-refractivity contribution in [3.63, 3.8) is 0 Å². The molecule has 2 aromatic carbocycles. The monoisotopic (exact) mass is 478 g/mol. The van der Waals surface area contributed by atoms with E-state index in [1.54, 1.807) is 26.0 Å². The molecule has 8 heteroatoms. The molecule has 4 rings (SSSR count). The van der Waals surface area contributed by atoms with Crippen LogP contribution in [0.5, 0.6) is 5.75 Å². The molecular formula is C26H26F4O4. The van der Waals surface area contributed by atoms with Crippen LogP contribution in [-0.4, -0.2) is 31.4 Å². The fourth-order valence-corrected chi connectivity index (χ4v) is 5.02. The summed E-state index contributed by atoms with van der Waals surface area (Å²) in [6.45, 7) is 3.65. The van der Waals surface area contributed by atoms with Gasteiger partial charge in [0.05, 0.1) is 36.9 Å². The van der Waals surface area contributed by atoms with Gasteiger partial charge in [0.2, 0.25) is 0 Å². The molecule has 0 N–H and O–H groups in total. The first-order valence-electron chi connectivity index (χ1n) is 11.1. The first-order valence-corrected chi connectivity index (χ1v) is 11.1. The lowest BCUT2D eigenvalue weighted by Crippen LogP contribution is -2.34. The van der Waals surface area contributed by atoms with Crippen molar-refractivity contribution < 1.29 is 36.6 Å². The number of methoxy groups -OCH3 is 1. The molecule has 0 aromatic heterocycles. The van der Waals surface area contributed by atoms with E-state index in [0.717, 1.165) is 12.1 Å². The highest BCUT2D eigenvalue weighted by molar-refractivity contribution is 5.78. The largest absolute Gasteiger partial charge is 0.490 e. The third-order valence-corrected chi connectivity index (χ3v) is 6.44. The van der Waals surface area contributed by atoms with Gasteiger partial charge in [-0.05, 0) is 74.2 Å². The predicted octanol–water partition coefficient (Wildman–Crippen LogP) is 6.15. The van der Waals surface area contributed by atoms with Crippen molar-refractivity contribution >= 4 is 11.5 Å². The summed E-state index contributed by atoms with van der Waals surface area (Å²) in [6.07, 6.45) is -2.00. The Kier molecular flexibility index (Phi) is 6.46. The minimum Gasteiger partial charge on any atom is -0.490 e. The van der Waals surface area contributed by atoms with Gasteiger partial charge in [-0.2, -0.15) is 13.2 Å². The van der Waals surface area contributed by atoms with Gasteiger partial charge in [-0.25, -0.2) is 4.39 Å². The minimum atomic E-state index is -4.51. The Bertz CT molecular complexity index is 1090. The van der Waals surface area contributed by atoms with Crippen LogP contribution in [-0.2, 0) is 20.4 Å². The standard InChI is InChI=1S/C26H26F4O4/c1-15(2)34-22-9-6-18(26(28,29)30)12-21(22)17-13-25(33-14-17)11-10-20(24(31)32-3)23(25)16-4-7-19(27)8-5-16/h4-9,12-13,15,20,23H,10-11,14H2,1-3H3. The van der Waals surface area contributed by atoms with Crippen LogP contribution in [0.2, 0.25) is 0 Å². The topological polar surface area (TPSA) is 44.8 Å². The number of hydrogen-bond donors (Lipinski definition) is 0. The van der Waals surface area contributed by atoms with E-state index in [0.29, 0.717) is 35.3 Å². The lowest BCUT2D eigenvalue weighted by atomic mass is 9.79. The van der Waals surface area contributed by atoms with Crippen LogP contribution in [0.1, 0.15) is 49.3 Å². The molecule has 1 saturated carbocycles. The molecule has 1 spiro atoms. The van der Waals surface area contributed by atoms with Crippen LogP contribution in [0.4, 0.5) is 17.6 Å². The Labute approximate surface area is 195 Å². The number of benzene rings is 2. The Morgan fingerprint density at radius 3 is 2.47 bits per heavy atom. The van der Waals surface area contributed by atoms with Gasteiger partial charge in [0.1, 0.15) is 11.6 Å². The lowest BCUT2D eigenvalue weighted by Gasteiger charge is -2.31. The molecule has 2 aliphatic rings. The average Bonchev–Trinajstić information content (AvgIpc) is 3.37. The summed E-state index contributed by atoms with van der Waals surface area (Å²) < 4.78 is 71.0. The lowest BCUT2D eigenvalue weighted by molar-refractivity contribution is -0.146. The van der Waals surface area contributed by atoms with E-state index >= 15 is 0 Å². The molecule has 1 heterocycles. The average molecular weight is 478 g/mol. The molecule has 1 aliphatic heterocycles. The zero-order valence-electron chi connectivity index (χ0n) is 19.1. The molecule has 182 valence electrons. The van der Waals surface area contributed by atoms with E-state index in [1.165, 1.54) is 25.3 Å². The first-order chi connectivity index (χ1) is 16.0. The van der Waals surface area contributed by atoms with E-state index < -0.39 is 41.0 Å². The molecule has 0 bridgehead atoms. The number of alkyl halides is 3. The van der Waals surface area contributed by atoms with Gasteiger partial charge in [0.25, 0.3) is 0 Å². The van der Waals surface area contributed by atoms with Gasteiger partial charge < -0.3 is 14.2 Å². The zero-order chi connectivity index (χ0) is 24.7. The molecule has 3 unspecified atom stereocenters. The third kappa shape index (κ3) is 4.56. The Morgan fingerprint density at radius 1 is 1.15 bits per heavy atom. The molecule has 0 amide bonds. The molecule has 1 fully saturated rings. The number of ether oxygens (including phenoxy) is 3. The maximum atomic E-state index is 13.6. The summed E-state index contributed by atoms with van der Waals surface area (Å²) in [5.74, 6) is -1.49. The van der Waals surface area contributed by atoms with Crippen molar-refractivity contribution in [2.24, 2.45) is 5.92 Å². The Balaban J connectivity index is 1.80. The van der Waals surface area contributed by atoms with Crippen LogP contribution < -0.4 is 4.74 Å². The van der Waals surface area contributed by atoms with Gasteiger partial charge in [-0.3, -0.25) is 4.79 Å². The minimum absolute atomic E-state index is 0.0569. The van der Waals surface area contributed by atoms with Crippen molar-refractivity contribution in [1.29, 1.82) is 0 Å². The van der Waals surface area contributed by atoms with Crippen LogP contribution in [0.3, 0.4) is 0 Å². The van der Waals surface area contributed by atoms with Gasteiger partial charge in [-0.15, -0.1) is 0 Å². The van der Waals surface area contributed by atoms with Crippen molar-refractivity contribution in [3.8, 4) is 5.75 Å². The number of esters is 1. The van der Waals surface area contributed by atoms with Crippen LogP contribution in [0.15, 0.2) is 48.5 Å². The highest BCUT2D eigenvalue weighted by Gasteiger charge is 2.54. The second-order valence-electron chi connectivity index (χ2n) is 8.99. The van der Waals surface area contributed by atoms with Crippen LogP contribution in [0.25, 0.3) is 5.57 Å². The van der Waals surface area contributed by atoms with Gasteiger partial charge >= 0.3 is 12.1 Å². The molecule has 0 saturated heterocycles. The quantitative estimate of drug-likeness (QED) is 0.382. The predicted molar refractivity (Wildman–Crippen MR) is 118 cm³/mol. The van der Waals surface area contributed by atoms with Gasteiger partial charge in [0.15, 0.2) is 0 Å². The highest BCUT2D eigenvalue weighted by Crippen LogP contribution is 2.54. The normalized spacial score (nSPS) is 24.5. The van der Waals surface area contributed by atoms with E-state index in [4.69, 9.17) is 14.2 Å². The fourth-order valence-electron chi connectivity index (χ4n) is 5.02. The van der Waals surface area contributed by atoms with Crippen molar-refractivity contribution in [1.82, 2.24) is 0 Å². The maximum absolute atomic E-state index is 13.6. The Morgan fingerprint density at radius 2 is 1.85 bits per heavy atom. The van der Waals surface area contributed by atoms with Crippen LogP contribution >= 0.6 is 0 Å². The number of rotatable bonds is 5. The SMILES string of the molecule is COC(=O)C1CCC2(C=C(c3cc(C(F)(F)F)ccc3OC(C)C)CO2)C1c1ccc(F)cc1. The van der Waals surface area contributed by atoms with E-state index in [2.05, 4.69) is 0 Å². The van der Waals surface area contributed by atoms with Crippen molar-refractivity contribution in [3.05, 3.63) is 71.0 Å². The first kappa shape index (κ1) is 24.3. The molecule has 2 aromatic rings. The zero-order valence-corrected chi connectivity index (χ0v) is 19.1. The number of carbonyl (C=O) groups excluding carboxylic acids is 1. The molecule has 0 radical (unpaired) electrons. The summed E-state index contributed by atoms with van der Waals surface area (Å²) in [5.41, 5.74) is -0.155. The molecule has 1 aliphatic carbocycles. The number of hydrogen-bond acceptors (Lipinski definition) is 4. The fraction of sp³-hybridized carbons (Fsp3) is 0.423. The van der Waals surface area contributed by atoms with Crippen molar-refractivity contribution in [2.45, 2.75) is 50.5 Å². The molecule has 4 nitrogen and oxygen atoms in total. The van der Waals surface area contributed by atoms with Gasteiger partial charge in [-0.1, -0.05) is 12.1 Å². The summed E-state index contributed by atoms with van der Waals surface area (Å²) >= 11 is 0. The molecule has 34 heavy (non-hydrogen) atoms. The van der Waals surface area contributed by atoms with Crippen LogP contribution in [0, 0.1) is 11.7 Å². The van der Waals surface area contributed by atoms with Crippen molar-refractivity contribution in [2.75, 3.05) is 13.7 Å². The summed E-state index contributed by atoms with van der Waals surface area (Å²) in [4.78, 5) is 12.6. The molecule has 3 atom stereocenters. The maximum Gasteiger partial charge on any atom is 0.416 e. The smallest absolute Gasteiger partial charge is 0.416 e. The summed E-state index contributed by atoms with van der Waals surface area (Å²) in [7, 11) is 1.31. The van der Waals surface area contributed by atoms with E-state index in [9.17, 15) is 22.4 Å².